The summed E-state index contributed by atoms with van der Waals surface area (Å²) < 4.78 is 41.8. The monoisotopic (exact) mass is 399 g/mol. The second kappa shape index (κ2) is 8.04. The summed E-state index contributed by atoms with van der Waals surface area (Å²) in [6.45, 7) is 17.5. The highest BCUT2D eigenvalue weighted by Crippen LogP contribution is 2.46. The Bertz CT molecular complexity index is 642. The molecule has 27 heavy (non-hydrogen) atoms. The van der Waals surface area contributed by atoms with E-state index in [0.717, 1.165) is 17.3 Å². The Kier molecular flexibility index (Phi) is 7.29. The van der Waals surface area contributed by atoms with E-state index in [0.29, 0.717) is 5.56 Å². The second-order valence-electron chi connectivity index (χ2n) is 9.92. The van der Waals surface area contributed by atoms with E-state index in [1.165, 1.54) is 6.92 Å². The Morgan fingerprint density at radius 3 is 1.85 bits per heavy atom. The zero-order valence-corrected chi connectivity index (χ0v) is 19.1. The molecule has 5 heteroatoms. The first-order valence-electron chi connectivity index (χ1n) is 9.67. The number of halogens is 3. The van der Waals surface area contributed by atoms with Crippen LogP contribution in [-0.2, 0) is 5.41 Å². The van der Waals surface area contributed by atoms with Crippen LogP contribution in [0.4, 0.5) is 13.2 Å². The standard InChI is InChI=1S/C22H35BF3S/c1-14(2)21(9,22(24,25)26)16-10-11-17(15(3)27)18(12-16)23-13-20(7,8)19(4,5)6/h10-12,14-15,27H,13H2,1-9H3. The number of benzene rings is 1. The fraction of sp³-hybridized carbons (Fsp3) is 0.727. The van der Waals surface area contributed by atoms with Crippen molar-refractivity contribution < 1.29 is 13.2 Å². The van der Waals surface area contributed by atoms with Crippen LogP contribution >= 0.6 is 12.6 Å². The molecule has 0 aliphatic heterocycles. The molecule has 153 valence electrons. The van der Waals surface area contributed by atoms with Crippen molar-refractivity contribution in [3.05, 3.63) is 29.3 Å². The maximum absolute atomic E-state index is 13.9. The maximum Gasteiger partial charge on any atom is 0.398 e. The molecule has 0 spiro atoms. The van der Waals surface area contributed by atoms with Crippen LogP contribution in [0, 0.1) is 16.7 Å². The number of hydrogen-bond donors (Lipinski definition) is 1. The molecule has 0 nitrogen and oxygen atoms in total. The van der Waals surface area contributed by atoms with Gasteiger partial charge in [-0.25, -0.2) is 0 Å². The van der Waals surface area contributed by atoms with Crippen molar-refractivity contribution >= 4 is 25.4 Å². The predicted molar refractivity (Wildman–Crippen MR) is 116 cm³/mol. The number of rotatable bonds is 6. The molecule has 2 atom stereocenters. The van der Waals surface area contributed by atoms with Crippen molar-refractivity contribution in [2.45, 2.75) is 85.5 Å². The molecule has 1 aromatic rings. The van der Waals surface area contributed by atoms with Gasteiger partial charge in [-0.2, -0.15) is 25.8 Å². The lowest BCUT2D eigenvalue weighted by Crippen LogP contribution is -2.45. The van der Waals surface area contributed by atoms with Crippen LogP contribution in [0.25, 0.3) is 0 Å². The minimum absolute atomic E-state index is 0.0193. The van der Waals surface area contributed by atoms with Gasteiger partial charge < -0.3 is 0 Å². The highest BCUT2D eigenvalue weighted by Gasteiger charge is 2.54. The summed E-state index contributed by atoms with van der Waals surface area (Å²) in [6, 6.07) is 5.17. The Hall–Kier alpha value is -0.575. The van der Waals surface area contributed by atoms with E-state index in [1.807, 2.05) is 13.0 Å². The average molecular weight is 399 g/mol. The van der Waals surface area contributed by atoms with Crippen molar-refractivity contribution in [3.8, 4) is 0 Å². The molecule has 0 fully saturated rings. The van der Waals surface area contributed by atoms with Gasteiger partial charge in [0, 0.05) is 5.25 Å². The summed E-state index contributed by atoms with van der Waals surface area (Å²) in [5.41, 5.74) is 0.386. The molecule has 0 amide bonds. The molecule has 0 heterocycles. The number of thiol groups is 1. The zero-order valence-electron chi connectivity index (χ0n) is 18.3. The lowest BCUT2D eigenvalue weighted by atomic mass is 9.52. The Morgan fingerprint density at radius 2 is 1.48 bits per heavy atom. The van der Waals surface area contributed by atoms with Crippen molar-refractivity contribution in [1.29, 1.82) is 0 Å². The first kappa shape index (κ1) is 24.5. The zero-order chi connectivity index (χ0) is 21.4. The van der Waals surface area contributed by atoms with E-state index >= 15 is 0 Å². The third-order valence-corrected chi connectivity index (χ3v) is 7.02. The van der Waals surface area contributed by atoms with Crippen LogP contribution in [0.2, 0.25) is 6.32 Å². The normalized spacial score (nSPS) is 17.0. The summed E-state index contributed by atoms with van der Waals surface area (Å²) in [4.78, 5) is 0. The van der Waals surface area contributed by atoms with Gasteiger partial charge in [0.15, 0.2) is 7.28 Å². The third-order valence-electron chi connectivity index (χ3n) is 6.74. The van der Waals surface area contributed by atoms with Crippen LogP contribution in [-0.4, -0.2) is 13.5 Å². The largest absolute Gasteiger partial charge is 0.398 e. The van der Waals surface area contributed by atoms with Gasteiger partial charge in [-0.3, -0.25) is 0 Å². The molecule has 0 aliphatic rings. The van der Waals surface area contributed by atoms with Gasteiger partial charge in [-0.05, 0) is 41.7 Å². The fourth-order valence-corrected chi connectivity index (χ4v) is 3.19. The Labute approximate surface area is 170 Å². The SMILES string of the molecule is CC(S)c1ccc(C(C)(C(C)C)C(F)(F)F)cc1[B]CC(C)(C)C(C)(C)C. The molecule has 0 aromatic heterocycles. The van der Waals surface area contributed by atoms with Gasteiger partial charge >= 0.3 is 6.18 Å². The van der Waals surface area contributed by atoms with E-state index in [2.05, 4.69) is 54.5 Å². The lowest BCUT2D eigenvalue weighted by Gasteiger charge is -2.39. The van der Waals surface area contributed by atoms with Gasteiger partial charge in [0.05, 0.1) is 5.41 Å². The van der Waals surface area contributed by atoms with Crippen molar-refractivity contribution in [2.75, 3.05) is 0 Å². The van der Waals surface area contributed by atoms with Crippen molar-refractivity contribution in [1.82, 2.24) is 0 Å². The van der Waals surface area contributed by atoms with Gasteiger partial charge in [0.25, 0.3) is 0 Å². The van der Waals surface area contributed by atoms with E-state index in [1.54, 1.807) is 26.0 Å². The Balaban J connectivity index is 3.41. The first-order chi connectivity index (χ1) is 11.9. The topological polar surface area (TPSA) is 0 Å². The minimum Gasteiger partial charge on any atom is -0.171 e. The number of alkyl halides is 3. The van der Waals surface area contributed by atoms with E-state index in [4.69, 9.17) is 0 Å². The summed E-state index contributed by atoms with van der Waals surface area (Å²) >= 11 is 4.54. The van der Waals surface area contributed by atoms with E-state index in [9.17, 15) is 13.2 Å². The fourth-order valence-electron chi connectivity index (χ4n) is 2.95. The highest BCUT2D eigenvalue weighted by atomic mass is 32.1. The van der Waals surface area contributed by atoms with Gasteiger partial charge in [0.1, 0.15) is 0 Å². The van der Waals surface area contributed by atoms with Crippen LogP contribution < -0.4 is 5.46 Å². The summed E-state index contributed by atoms with van der Waals surface area (Å²) in [7, 11) is 2.09. The van der Waals surface area contributed by atoms with Crippen molar-refractivity contribution in [2.24, 2.45) is 16.7 Å². The molecule has 0 aliphatic carbocycles. The van der Waals surface area contributed by atoms with Gasteiger partial charge in [0.2, 0.25) is 0 Å². The average Bonchev–Trinajstić information content (AvgIpc) is 2.49. The molecule has 1 radical (unpaired) electrons. The summed E-state index contributed by atoms with van der Waals surface area (Å²) in [5.74, 6) is -0.560. The summed E-state index contributed by atoms with van der Waals surface area (Å²) in [6.07, 6.45) is -3.52. The molecule has 2 unspecified atom stereocenters. The van der Waals surface area contributed by atoms with Crippen LogP contribution in [0.1, 0.15) is 78.7 Å². The van der Waals surface area contributed by atoms with E-state index < -0.39 is 17.5 Å². The lowest BCUT2D eigenvalue weighted by molar-refractivity contribution is -0.197. The maximum atomic E-state index is 13.9. The molecule has 0 N–H and O–H groups in total. The predicted octanol–water partition coefficient (Wildman–Crippen LogP) is 6.97. The summed E-state index contributed by atoms with van der Waals surface area (Å²) in [5, 5.41) is -0.0424. The minimum atomic E-state index is -4.31. The van der Waals surface area contributed by atoms with Gasteiger partial charge in [-0.1, -0.05) is 78.4 Å². The van der Waals surface area contributed by atoms with Crippen LogP contribution in [0.3, 0.4) is 0 Å². The van der Waals surface area contributed by atoms with Crippen molar-refractivity contribution in [3.63, 3.8) is 0 Å². The van der Waals surface area contributed by atoms with Crippen LogP contribution in [0.15, 0.2) is 18.2 Å². The molecule has 1 rings (SSSR count). The second-order valence-corrected chi connectivity index (χ2v) is 10.7. The molecular formula is C22H35BF3S. The first-order valence-corrected chi connectivity index (χ1v) is 10.2. The molecule has 0 saturated heterocycles. The molecule has 1 aromatic carbocycles. The molecule has 0 saturated carbocycles. The third kappa shape index (κ3) is 5.08. The molecule has 0 bridgehead atoms. The van der Waals surface area contributed by atoms with Crippen LogP contribution in [0.5, 0.6) is 0 Å². The van der Waals surface area contributed by atoms with E-state index in [-0.39, 0.29) is 16.1 Å². The van der Waals surface area contributed by atoms with Gasteiger partial charge in [-0.15, -0.1) is 0 Å². The Morgan fingerprint density at radius 1 is 0.963 bits per heavy atom. The smallest absolute Gasteiger partial charge is 0.171 e. The highest BCUT2D eigenvalue weighted by molar-refractivity contribution is 7.80. The quantitative estimate of drug-likeness (QED) is 0.387. The number of hydrogen-bond acceptors (Lipinski definition) is 1. The molecular weight excluding hydrogens is 364 g/mol.